The van der Waals surface area contributed by atoms with Gasteiger partial charge >= 0.3 is 0 Å². The molecule has 1 aliphatic carbocycles. The van der Waals surface area contributed by atoms with Crippen molar-refractivity contribution in [2.24, 2.45) is 0 Å². The molecule has 1 fully saturated rings. The number of rotatable bonds is 5. The number of nitrogens with zero attached hydrogens (tertiary/aromatic N) is 5. The normalized spacial score (nSPS) is 15.7. The molecule has 0 spiro atoms. The molecule has 0 saturated carbocycles. The first kappa shape index (κ1) is 21.5. The van der Waals surface area contributed by atoms with Gasteiger partial charge in [-0.15, -0.1) is 0 Å². The van der Waals surface area contributed by atoms with Crippen LogP contribution in [0.15, 0.2) is 55.0 Å². The van der Waals surface area contributed by atoms with Gasteiger partial charge in [0.2, 0.25) is 5.88 Å². The first-order valence-corrected chi connectivity index (χ1v) is 12.1. The largest absolute Gasteiger partial charge is 0.481 e. The number of piperidine rings is 1. The van der Waals surface area contributed by atoms with Crippen molar-refractivity contribution < 1.29 is 4.74 Å². The Labute approximate surface area is 205 Å². The van der Waals surface area contributed by atoms with Gasteiger partial charge in [0.05, 0.1) is 18.5 Å². The Balaban J connectivity index is 1.20. The molecule has 4 heterocycles. The maximum Gasteiger partial charge on any atom is 0.213 e. The van der Waals surface area contributed by atoms with Crippen LogP contribution in [0.1, 0.15) is 47.1 Å². The van der Waals surface area contributed by atoms with E-state index in [1.807, 2.05) is 18.2 Å². The van der Waals surface area contributed by atoms with Crippen LogP contribution < -0.4 is 9.64 Å². The lowest BCUT2D eigenvalue weighted by atomic mass is 9.96. The Morgan fingerprint density at radius 1 is 1.00 bits per heavy atom. The molecular weight excluding hydrogens is 436 g/mol. The van der Waals surface area contributed by atoms with E-state index in [1.165, 1.54) is 5.57 Å². The summed E-state index contributed by atoms with van der Waals surface area (Å²) in [6.45, 7) is 4.00. The molecule has 35 heavy (non-hydrogen) atoms. The average Bonchev–Trinajstić information content (AvgIpc) is 3.53. The molecule has 1 aromatic carbocycles. The molecule has 176 valence electrons. The van der Waals surface area contributed by atoms with E-state index in [0.717, 1.165) is 77.8 Å². The molecule has 0 amide bonds. The van der Waals surface area contributed by atoms with Crippen LogP contribution in [0.25, 0.3) is 22.9 Å². The number of pyridine rings is 1. The molecule has 7 heteroatoms. The number of aromatic amines is 1. The zero-order chi connectivity index (χ0) is 23.8. The molecule has 0 radical (unpaired) electrons. The summed E-state index contributed by atoms with van der Waals surface area (Å²) in [5.74, 6) is 3.18. The number of anilines is 1. The topological polar surface area (TPSA) is 79.8 Å². The average molecular weight is 465 g/mol. The third-order valence-corrected chi connectivity index (χ3v) is 7.07. The molecule has 0 bridgehead atoms. The fourth-order valence-corrected chi connectivity index (χ4v) is 5.19. The number of H-pyrrole nitrogens is 1. The minimum Gasteiger partial charge on any atom is -0.481 e. The molecule has 3 aromatic heterocycles. The van der Waals surface area contributed by atoms with Crippen LogP contribution in [0, 0.1) is 6.92 Å². The van der Waals surface area contributed by atoms with E-state index in [2.05, 4.69) is 57.1 Å². The quantitative estimate of drug-likeness (QED) is 0.445. The predicted molar refractivity (Wildman–Crippen MR) is 137 cm³/mol. The number of nitrogens with one attached hydrogen (secondary N) is 1. The monoisotopic (exact) mass is 464 g/mol. The number of methoxy groups -OCH3 is 1. The van der Waals surface area contributed by atoms with Crippen molar-refractivity contribution in [2.75, 3.05) is 25.1 Å². The zero-order valence-electron chi connectivity index (χ0n) is 20.0. The van der Waals surface area contributed by atoms with Crippen molar-refractivity contribution in [3.63, 3.8) is 0 Å². The first-order valence-electron chi connectivity index (χ1n) is 12.1. The van der Waals surface area contributed by atoms with Gasteiger partial charge in [-0.2, -0.15) is 0 Å². The van der Waals surface area contributed by atoms with Crippen molar-refractivity contribution in [3.05, 3.63) is 83.3 Å². The number of ether oxygens (including phenoxy) is 1. The molecular formula is C28H28N6O. The molecule has 2 aliphatic rings. The molecule has 4 aromatic rings. The number of imidazole rings is 1. The van der Waals surface area contributed by atoms with E-state index in [-0.39, 0.29) is 0 Å². The van der Waals surface area contributed by atoms with Gasteiger partial charge in [0.1, 0.15) is 18.0 Å². The van der Waals surface area contributed by atoms with Crippen molar-refractivity contribution in [1.82, 2.24) is 24.9 Å². The lowest BCUT2D eigenvalue weighted by Gasteiger charge is -2.32. The van der Waals surface area contributed by atoms with Gasteiger partial charge in [-0.05, 0) is 43.0 Å². The lowest BCUT2D eigenvalue weighted by molar-refractivity contribution is 0.398. The Kier molecular flexibility index (Phi) is 5.52. The number of hydrogen-bond donors (Lipinski definition) is 1. The highest BCUT2D eigenvalue weighted by molar-refractivity contribution is 5.91. The Morgan fingerprint density at radius 3 is 2.63 bits per heavy atom. The van der Waals surface area contributed by atoms with E-state index in [1.54, 1.807) is 19.6 Å². The van der Waals surface area contributed by atoms with Gasteiger partial charge in [-0.1, -0.05) is 30.3 Å². The number of fused-ring (bicyclic) bond motifs is 1. The third kappa shape index (κ3) is 4.07. The van der Waals surface area contributed by atoms with Crippen molar-refractivity contribution in [2.45, 2.75) is 32.1 Å². The fraction of sp³-hybridized carbons (Fsp3) is 0.286. The number of allylic oxidation sites excluding steroid dienone is 1. The van der Waals surface area contributed by atoms with Crippen LogP contribution in [0.3, 0.4) is 0 Å². The number of aryl methyl sites for hydroxylation is 1. The standard InChI is InChI=1S/C28H28N6O/c1-18-26(19-6-4-3-5-7-19)33-27(32-18)20-9-12-34(13-10-20)28-23-14-22(15-24(23)30-17-31-28)21-8-11-29-25(16-21)35-2/h3-8,11,14,16-17,20H,9-10,12-13,15H2,1-2H3,(H,32,33). The Bertz CT molecular complexity index is 1390. The summed E-state index contributed by atoms with van der Waals surface area (Å²) in [6.07, 6.45) is 8.59. The number of hydrogen-bond acceptors (Lipinski definition) is 6. The zero-order valence-corrected chi connectivity index (χ0v) is 20.0. The lowest BCUT2D eigenvalue weighted by Crippen LogP contribution is -2.34. The summed E-state index contributed by atoms with van der Waals surface area (Å²) < 4.78 is 5.31. The van der Waals surface area contributed by atoms with Crippen LogP contribution in [-0.2, 0) is 6.42 Å². The van der Waals surface area contributed by atoms with Gasteiger partial charge in [0.15, 0.2) is 0 Å². The Morgan fingerprint density at radius 2 is 1.83 bits per heavy atom. The summed E-state index contributed by atoms with van der Waals surface area (Å²) >= 11 is 0. The van der Waals surface area contributed by atoms with Crippen LogP contribution in [0.5, 0.6) is 5.88 Å². The fourth-order valence-electron chi connectivity index (χ4n) is 5.19. The minimum absolute atomic E-state index is 0.424. The highest BCUT2D eigenvalue weighted by Gasteiger charge is 2.28. The van der Waals surface area contributed by atoms with Crippen LogP contribution in [-0.4, -0.2) is 45.1 Å². The van der Waals surface area contributed by atoms with E-state index < -0.39 is 0 Å². The molecule has 1 saturated heterocycles. The summed E-state index contributed by atoms with van der Waals surface area (Å²) in [5.41, 5.74) is 7.90. The third-order valence-electron chi connectivity index (χ3n) is 7.07. The van der Waals surface area contributed by atoms with Gasteiger partial charge in [-0.25, -0.2) is 19.9 Å². The molecule has 0 unspecified atom stereocenters. The van der Waals surface area contributed by atoms with E-state index in [4.69, 9.17) is 14.7 Å². The summed E-state index contributed by atoms with van der Waals surface area (Å²) in [6, 6.07) is 14.4. The van der Waals surface area contributed by atoms with E-state index in [0.29, 0.717) is 11.8 Å². The van der Waals surface area contributed by atoms with Crippen LogP contribution in [0.4, 0.5) is 5.82 Å². The summed E-state index contributed by atoms with van der Waals surface area (Å²) in [5, 5.41) is 0. The van der Waals surface area contributed by atoms with Gasteiger partial charge in [-0.3, -0.25) is 0 Å². The second-order valence-electron chi connectivity index (χ2n) is 9.21. The smallest absolute Gasteiger partial charge is 0.213 e. The van der Waals surface area contributed by atoms with Crippen molar-refractivity contribution in [1.29, 1.82) is 0 Å². The molecule has 6 rings (SSSR count). The minimum atomic E-state index is 0.424. The van der Waals surface area contributed by atoms with Gasteiger partial charge < -0.3 is 14.6 Å². The van der Waals surface area contributed by atoms with E-state index in [9.17, 15) is 0 Å². The van der Waals surface area contributed by atoms with Gasteiger partial charge in [0.25, 0.3) is 0 Å². The highest BCUT2D eigenvalue weighted by Crippen LogP contribution is 2.37. The molecule has 1 N–H and O–H groups in total. The predicted octanol–water partition coefficient (Wildman–Crippen LogP) is 5.06. The van der Waals surface area contributed by atoms with Crippen LogP contribution >= 0.6 is 0 Å². The van der Waals surface area contributed by atoms with Crippen LogP contribution in [0.2, 0.25) is 0 Å². The number of aromatic nitrogens is 5. The van der Waals surface area contributed by atoms with Crippen molar-refractivity contribution in [3.8, 4) is 17.1 Å². The van der Waals surface area contributed by atoms with E-state index >= 15 is 0 Å². The maximum atomic E-state index is 5.31. The van der Waals surface area contributed by atoms with Gasteiger partial charge in [0, 0.05) is 54.5 Å². The Hall–Kier alpha value is -4.00. The highest BCUT2D eigenvalue weighted by atomic mass is 16.5. The molecule has 1 aliphatic heterocycles. The second-order valence-corrected chi connectivity index (χ2v) is 9.21. The summed E-state index contributed by atoms with van der Waals surface area (Å²) in [4.78, 5) is 24.5. The number of benzene rings is 1. The van der Waals surface area contributed by atoms with Crippen molar-refractivity contribution >= 4 is 17.5 Å². The summed E-state index contributed by atoms with van der Waals surface area (Å²) in [7, 11) is 1.64. The first-order chi connectivity index (χ1) is 17.2. The molecule has 7 nitrogen and oxygen atoms in total. The molecule has 0 atom stereocenters. The second kappa shape index (κ2) is 8.98. The maximum absolute atomic E-state index is 5.31. The SMILES string of the molecule is COc1cc(C2=Cc3c(ncnc3N3CCC(c4nc(-c5ccccc5)c(C)[nH]4)CC3)C2)ccn1.